The summed E-state index contributed by atoms with van der Waals surface area (Å²) in [6, 6.07) is 19.6. The zero-order chi connectivity index (χ0) is 24.3. The fraction of sp³-hybridized carbons (Fsp3) is 0.167. The van der Waals surface area contributed by atoms with Crippen molar-refractivity contribution >= 4 is 22.5 Å². The van der Waals surface area contributed by atoms with E-state index >= 15 is 0 Å². The van der Waals surface area contributed by atoms with Crippen LogP contribution in [0.1, 0.15) is 11.3 Å². The summed E-state index contributed by atoms with van der Waals surface area (Å²) in [5.74, 6) is 0.260. The number of aliphatic hydroxyl groups excluding tert-OH is 1. The van der Waals surface area contributed by atoms with Crippen LogP contribution in [0.5, 0.6) is 0 Å². The average Bonchev–Trinajstić information content (AvgIpc) is 2.82. The maximum atomic E-state index is 14.1. The predicted molar refractivity (Wildman–Crippen MR) is 124 cm³/mol. The Balaban J connectivity index is 2.02. The summed E-state index contributed by atoms with van der Waals surface area (Å²) in [7, 11) is 1.49. The van der Waals surface area contributed by atoms with Crippen molar-refractivity contribution in [1.29, 1.82) is 0 Å². The highest BCUT2D eigenvalue weighted by atomic mass is 19.4. The number of aromatic nitrogens is 2. The molecule has 34 heavy (non-hydrogen) atoms. The summed E-state index contributed by atoms with van der Waals surface area (Å²) in [6.45, 7) is -0.166. The van der Waals surface area contributed by atoms with Crippen LogP contribution < -0.4 is 21.4 Å². The Bertz CT molecular complexity index is 1340. The molecule has 0 aliphatic heterocycles. The van der Waals surface area contributed by atoms with Gasteiger partial charge in [-0.25, -0.2) is 4.98 Å². The molecule has 1 atom stereocenters. The summed E-state index contributed by atoms with van der Waals surface area (Å²) < 4.78 is 43.6. The van der Waals surface area contributed by atoms with E-state index in [0.717, 1.165) is 12.1 Å². The normalized spacial score (nSPS) is 12.6. The molecule has 2 aromatic carbocycles. The van der Waals surface area contributed by atoms with Crippen molar-refractivity contribution in [1.82, 2.24) is 20.2 Å². The molecule has 0 radical (unpaired) electrons. The van der Waals surface area contributed by atoms with Crippen LogP contribution >= 0.6 is 0 Å². The van der Waals surface area contributed by atoms with Gasteiger partial charge in [-0.2, -0.15) is 13.2 Å². The van der Waals surface area contributed by atoms with Crippen LogP contribution in [0.4, 0.5) is 24.7 Å². The molecule has 1 unspecified atom stereocenters. The van der Waals surface area contributed by atoms with Gasteiger partial charge in [0.2, 0.25) is 0 Å². The minimum absolute atomic E-state index is 0.00932. The van der Waals surface area contributed by atoms with E-state index in [1.807, 2.05) is 6.07 Å². The standard InChI is InChI=1S/C24H22F3N5O2/c1-28-23(34)29-14-16-12-18(24(25,26)27)21-19(33)13-20(30-15-8-4-2-5-9-15)32(22(21)31-16)17-10-6-3-7-11-17/h2-13,23,28-30,34H,14H2,1H3. The second-order valence-corrected chi connectivity index (χ2v) is 7.49. The van der Waals surface area contributed by atoms with Crippen molar-refractivity contribution in [2.75, 3.05) is 12.4 Å². The lowest BCUT2D eigenvalue weighted by atomic mass is 10.1. The number of halogens is 3. The fourth-order valence-electron chi connectivity index (χ4n) is 3.58. The fourth-order valence-corrected chi connectivity index (χ4v) is 3.58. The molecule has 0 saturated heterocycles. The maximum Gasteiger partial charge on any atom is 0.417 e. The molecule has 0 amide bonds. The van der Waals surface area contributed by atoms with Crippen molar-refractivity contribution in [3.63, 3.8) is 0 Å². The first-order valence-corrected chi connectivity index (χ1v) is 10.4. The summed E-state index contributed by atoms with van der Waals surface area (Å²) in [6.07, 6.45) is -5.94. The van der Waals surface area contributed by atoms with Crippen LogP contribution in [0.2, 0.25) is 0 Å². The summed E-state index contributed by atoms with van der Waals surface area (Å²) in [5, 5.41) is 17.5. The van der Waals surface area contributed by atoms with E-state index in [1.54, 1.807) is 54.6 Å². The SMILES string of the molecule is CNC(O)NCc1cc(C(F)(F)F)c2c(=O)cc(Nc3ccccc3)n(-c3ccccc3)c2n1. The summed E-state index contributed by atoms with van der Waals surface area (Å²) >= 11 is 0. The largest absolute Gasteiger partial charge is 0.417 e. The van der Waals surface area contributed by atoms with Gasteiger partial charge in [-0.15, -0.1) is 0 Å². The molecule has 0 spiro atoms. The van der Waals surface area contributed by atoms with Gasteiger partial charge in [0.25, 0.3) is 0 Å². The third-order valence-electron chi connectivity index (χ3n) is 5.14. The van der Waals surface area contributed by atoms with E-state index in [1.165, 1.54) is 11.6 Å². The molecule has 4 aromatic rings. The molecule has 176 valence electrons. The minimum atomic E-state index is -4.79. The van der Waals surface area contributed by atoms with E-state index in [2.05, 4.69) is 20.9 Å². The quantitative estimate of drug-likeness (QED) is 0.309. The van der Waals surface area contributed by atoms with Crippen molar-refractivity contribution in [3.05, 3.63) is 94.3 Å². The van der Waals surface area contributed by atoms with Crippen molar-refractivity contribution in [2.24, 2.45) is 0 Å². The van der Waals surface area contributed by atoms with E-state index in [0.29, 0.717) is 11.4 Å². The Kier molecular flexibility index (Phi) is 6.64. The van der Waals surface area contributed by atoms with Gasteiger partial charge in [-0.1, -0.05) is 36.4 Å². The number of hydrogen-bond donors (Lipinski definition) is 4. The molecule has 10 heteroatoms. The van der Waals surface area contributed by atoms with E-state index < -0.39 is 28.9 Å². The number of fused-ring (bicyclic) bond motifs is 1. The highest BCUT2D eigenvalue weighted by Crippen LogP contribution is 2.35. The molecule has 0 aliphatic rings. The second kappa shape index (κ2) is 9.64. The Labute approximate surface area is 192 Å². The number of anilines is 2. The second-order valence-electron chi connectivity index (χ2n) is 7.49. The molecule has 0 bridgehead atoms. The smallest absolute Gasteiger partial charge is 0.365 e. The Morgan fingerprint density at radius 1 is 1.03 bits per heavy atom. The third kappa shape index (κ3) is 4.93. The number of alkyl halides is 3. The van der Waals surface area contributed by atoms with Crippen LogP contribution in [0.15, 0.2) is 77.6 Å². The summed E-state index contributed by atoms with van der Waals surface area (Å²) in [4.78, 5) is 17.4. The van der Waals surface area contributed by atoms with Crippen LogP contribution in [-0.2, 0) is 12.7 Å². The van der Waals surface area contributed by atoms with E-state index in [9.17, 15) is 23.1 Å². The first-order chi connectivity index (χ1) is 16.3. The molecular formula is C24H22F3N5O2. The van der Waals surface area contributed by atoms with Crippen LogP contribution in [0, 0.1) is 0 Å². The molecule has 2 heterocycles. The van der Waals surface area contributed by atoms with Crippen LogP contribution in [0.3, 0.4) is 0 Å². The number of pyridine rings is 2. The summed E-state index contributed by atoms with van der Waals surface area (Å²) in [5.41, 5.74) is -0.869. The average molecular weight is 469 g/mol. The number of nitrogens with zero attached hydrogens (tertiary/aromatic N) is 2. The highest BCUT2D eigenvalue weighted by molar-refractivity contribution is 5.84. The number of hydrogen-bond acceptors (Lipinski definition) is 6. The zero-order valence-electron chi connectivity index (χ0n) is 18.1. The Hall–Kier alpha value is -3.73. The van der Waals surface area contributed by atoms with E-state index in [4.69, 9.17) is 0 Å². The highest BCUT2D eigenvalue weighted by Gasteiger charge is 2.35. The molecule has 0 saturated carbocycles. The van der Waals surface area contributed by atoms with Gasteiger partial charge in [-0.05, 0) is 37.4 Å². The molecule has 2 aromatic heterocycles. The van der Waals surface area contributed by atoms with Gasteiger partial charge in [0, 0.05) is 24.0 Å². The molecule has 4 N–H and O–H groups in total. The van der Waals surface area contributed by atoms with Gasteiger partial charge >= 0.3 is 6.18 Å². The topological polar surface area (TPSA) is 91.2 Å². The van der Waals surface area contributed by atoms with Gasteiger partial charge in [0.05, 0.1) is 16.6 Å². The van der Waals surface area contributed by atoms with Crippen LogP contribution in [0.25, 0.3) is 16.7 Å². The lowest BCUT2D eigenvalue weighted by molar-refractivity contribution is -0.136. The molecule has 4 rings (SSSR count). The Morgan fingerprint density at radius 2 is 1.68 bits per heavy atom. The maximum absolute atomic E-state index is 14.1. The number of benzene rings is 2. The molecule has 7 nitrogen and oxygen atoms in total. The monoisotopic (exact) mass is 469 g/mol. The number of aliphatic hydroxyl groups is 1. The number of para-hydroxylation sites is 2. The number of nitrogens with one attached hydrogen (secondary N) is 3. The molecule has 0 aliphatic carbocycles. The van der Waals surface area contributed by atoms with Gasteiger partial charge in [-0.3, -0.25) is 20.0 Å². The first-order valence-electron chi connectivity index (χ1n) is 10.4. The lowest BCUT2D eigenvalue weighted by Gasteiger charge is -2.20. The van der Waals surface area contributed by atoms with Crippen molar-refractivity contribution in [2.45, 2.75) is 19.1 Å². The zero-order valence-corrected chi connectivity index (χ0v) is 18.1. The molecule has 0 fully saturated rings. The third-order valence-corrected chi connectivity index (χ3v) is 5.14. The minimum Gasteiger partial charge on any atom is -0.365 e. The van der Waals surface area contributed by atoms with E-state index in [-0.39, 0.29) is 23.7 Å². The van der Waals surface area contributed by atoms with Gasteiger partial charge in [0.15, 0.2) is 17.4 Å². The van der Waals surface area contributed by atoms with Crippen LogP contribution in [-0.4, -0.2) is 28.1 Å². The molecular weight excluding hydrogens is 447 g/mol. The predicted octanol–water partition coefficient (Wildman–Crippen LogP) is 3.73. The lowest BCUT2D eigenvalue weighted by Crippen LogP contribution is -2.39. The first kappa shape index (κ1) is 23.4. The van der Waals surface area contributed by atoms with Crippen molar-refractivity contribution < 1.29 is 18.3 Å². The van der Waals surface area contributed by atoms with Crippen molar-refractivity contribution in [3.8, 4) is 5.69 Å². The Morgan fingerprint density at radius 3 is 2.29 bits per heavy atom. The van der Waals surface area contributed by atoms with Gasteiger partial charge < -0.3 is 10.4 Å². The van der Waals surface area contributed by atoms with Gasteiger partial charge in [0.1, 0.15) is 5.82 Å². The number of rotatable bonds is 7.